The number of ether oxygens (including phenoxy) is 1. The van der Waals surface area contributed by atoms with Crippen LogP contribution < -0.4 is 5.73 Å². The maximum Gasteiger partial charge on any atom is 0.0742 e. The number of nitrogens with two attached hydrogens (primary N) is 1. The molecule has 1 unspecified atom stereocenters. The molecule has 0 aliphatic carbocycles. The summed E-state index contributed by atoms with van der Waals surface area (Å²) in [6.45, 7) is 2.51. The number of rotatable bonds is 1. The molecule has 0 spiro atoms. The molecule has 0 aromatic rings. The van der Waals surface area contributed by atoms with E-state index in [1.807, 2.05) is 0 Å². The lowest BCUT2D eigenvalue weighted by molar-refractivity contribution is 0.133. The summed E-state index contributed by atoms with van der Waals surface area (Å²) in [4.78, 5) is 0. The predicted octanol–water partition coefficient (Wildman–Crippen LogP) is 0.286. The summed E-state index contributed by atoms with van der Waals surface area (Å²) in [7, 11) is 0. The fourth-order valence-corrected chi connectivity index (χ4v) is 0.754. The van der Waals surface area contributed by atoms with E-state index in [0.29, 0.717) is 0 Å². The van der Waals surface area contributed by atoms with E-state index < -0.39 is 0 Å². The van der Waals surface area contributed by atoms with Crippen molar-refractivity contribution >= 4 is 0 Å². The summed E-state index contributed by atoms with van der Waals surface area (Å²) < 4.78 is 5.12. The highest BCUT2D eigenvalue weighted by molar-refractivity contribution is 4.73. The van der Waals surface area contributed by atoms with Gasteiger partial charge in [0.15, 0.2) is 0 Å². The molecule has 0 amide bonds. The quantitative estimate of drug-likeness (QED) is 0.514. The molecule has 1 aliphatic heterocycles. The zero-order valence-electron chi connectivity index (χ0n) is 4.26. The van der Waals surface area contributed by atoms with Gasteiger partial charge in [0.05, 0.1) is 6.10 Å². The normalized spacial score (nSPS) is 31.3. The van der Waals surface area contributed by atoms with Gasteiger partial charge in [0.1, 0.15) is 0 Å². The molecular weight excluding hydrogens is 90.1 g/mol. The average molecular weight is 100 g/mol. The second kappa shape index (κ2) is 2.28. The minimum Gasteiger partial charge on any atom is -0.377 e. The van der Waals surface area contributed by atoms with Gasteiger partial charge in [-0.25, -0.2) is 0 Å². The second-order valence-electron chi connectivity index (χ2n) is 1.74. The second-order valence-corrected chi connectivity index (χ2v) is 1.74. The van der Waals surface area contributed by atoms with E-state index in [-0.39, 0.29) is 6.10 Å². The Morgan fingerprint density at radius 1 is 1.71 bits per heavy atom. The van der Waals surface area contributed by atoms with Crippen LogP contribution in [-0.2, 0) is 4.74 Å². The molecule has 2 nitrogen and oxygen atoms in total. The van der Waals surface area contributed by atoms with Gasteiger partial charge in [0.2, 0.25) is 0 Å². The van der Waals surface area contributed by atoms with Crippen molar-refractivity contribution in [3.8, 4) is 0 Å². The average Bonchev–Trinajstić information content (AvgIpc) is 2.14. The zero-order valence-corrected chi connectivity index (χ0v) is 4.26. The molecule has 2 N–H and O–H groups in total. The molecule has 1 rings (SSSR count). The van der Waals surface area contributed by atoms with Gasteiger partial charge in [-0.1, -0.05) is 0 Å². The first-order valence-electron chi connectivity index (χ1n) is 2.60. The molecule has 0 saturated carbocycles. The van der Waals surface area contributed by atoms with Gasteiger partial charge in [0.25, 0.3) is 0 Å². The van der Waals surface area contributed by atoms with Crippen LogP contribution in [0.25, 0.3) is 0 Å². The van der Waals surface area contributed by atoms with Gasteiger partial charge in [-0.3, -0.25) is 0 Å². The summed E-state index contributed by atoms with van der Waals surface area (Å²) in [6.07, 6.45) is 2.52. The van der Waals surface area contributed by atoms with Crippen LogP contribution in [0.15, 0.2) is 0 Å². The van der Waals surface area contributed by atoms with Crippen LogP contribution in [0.5, 0.6) is 0 Å². The summed E-state index contributed by atoms with van der Waals surface area (Å²) in [6, 6.07) is 0. The molecule has 1 saturated heterocycles. The highest BCUT2D eigenvalue weighted by atomic mass is 16.5. The zero-order chi connectivity index (χ0) is 5.11. The molecule has 1 aliphatic rings. The Kier molecular flexibility index (Phi) is 1.65. The molecule has 0 aromatic carbocycles. The molecule has 1 heterocycles. The van der Waals surface area contributed by atoms with Crippen LogP contribution in [0.3, 0.4) is 0 Å². The molecule has 1 radical (unpaired) electrons. The maximum absolute atomic E-state index is 5.18. The Bertz CT molecular complexity index is 50.0. The molecule has 1 atom stereocenters. The van der Waals surface area contributed by atoms with Gasteiger partial charge in [-0.05, 0) is 12.8 Å². The SMILES string of the molecule is N[CH]C1CCCO1. The standard InChI is InChI=1S/C5H10NO/c6-4-5-2-1-3-7-5/h4-5H,1-3,6H2. The topological polar surface area (TPSA) is 35.2 Å². The minimum absolute atomic E-state index is 0.250. The Balaban J connectivity index is 2.14. The third-order valence-corrected chi connectivity index (χ3v) is 1.18. The lowest BCUT2D eigenvalue weighted by Crippen LogP contribution is -2.11. The van der Waals surface area contributed by atoms with Crippen LogP contribution in [0.1, 0.15) is 12.8 Å². The van der Waals surface area contributed by atoms with Crippen LogP contribution in [0, 0.1) is 6.54 Å². The van der Waals surface area contributed by atoms with Crippen molar-refractivity contribution < 1.29 is 4.74 Å². The van der Waals surface area contributed by atoms with Crippen molar-refractivity contribution in [3.05, 3.63) is 6.54 Å². The minimum atomic E-state index is 0.250. The van der Waals surface area contributed by atoms with E-state index >= 15 is 0 Å². The highest BCUT2D eigenvalue weighted by Gasteiger charge is 2.12. The number of hydrogen-bond acceptors (Lipinski definition) is 2. The fourth-order valence-electron chi connectivity index (χ4n) is 0.754. The van der Waals surface area contributed by atoms with E-state index in [9.17, 15) is 0 Å². The maximum atomic E-state index is 5.18. The molecule has 2 heteroatoms. The van der Waals surface area contributed by atoms with Gasteiger partial charge in [0, 0.05) is 13.2 Å². The monoisotopic (exact) mass is 100 g/mol. The third-order valence-electron chi connectivity index (χ3n) is 1.18. The first-order valence-corrected chi connectivity index (χ1v) is 2.60. The first kappa shape index (κ1) is 5.06. The van der Waals surface area contributed by atoms with Gasteiger partial charge in [-0.15, -0.1) is 0 Å². The van der Waals surface area contributed by atoms with Gasteiger partial charge < -0.3 is 10.5 Å². The Morgan fingerprint density at radius 2 is 2.57 bits per heavy atom. The Morgan fingerprint density at radius 3 is 2.86 bits per heavy atom. The Hall–Kier alpha value is -0.0800. The summed E-state index contributed by atoms with van der Waals surface area (Å²) >= 11 is 0. The number of hydrogen-bond donors (Lipinski definition) is 1. The molecule has 1 fully saturated rings. The van der Waals surface area contributed by atoms with Gasteiger partial charge >= 0.3 is 0 Å². The van der Waals surface area contributed by atoms with Crippen LogP contribution >= 0.6 is 0 Å². The third kappa shape index (κ3) is 1.14. The van der Waals surface area contributed by atoms with Crippen LogP contribution in [-0.4, -0.2) is 12.7 Å². The van der Waals surface area contributed by atoms with Gasteiger partial charge in [-0.2, -0.15) is 0 Å². The predicted molar refractivity (Wildman–Crippen MR) is 27.5 cm³/mol. The Labute approximate surface area is 43.6 Å². The molecule has 7 heavy (non-hydrogen) atoms. The van der Waals surface area contributed by atoms with E-state index in [4.69, 9.17) is 10.5 Å². The van der Waals surface area contributed by atoms with Crippen molar-refractivity contribution in [3.63, 3.8) is 0 Å². The van der Waals surface area contributed by atoms with Crippen molar-refractivity contribution in [2.24, 2.45) is 5.73 Å². The summed E-state index contributed by atoms with van der Waals surface area (Å²) in [5, 5.41) is 0. The fraction of sp³-hybridized carbons (Fsp3) is 0.800. The molecular formula is C5H10NO. The van der Waals surface area contributed by atoms with Crippen LogP contribution in [0.2, 0.25) is 0 Å². The molecule has 41 valence electrons. The van der Waals surface area contributed by atoms with Crippen molar-refractivity contribution in [1.29, 1.82) is 0 Å². The van der Waals surface area contributed by atoms with E-state index in [0.717, 1.165) is 13.0 Å². The molecule has 0 bridgehead atoms. The van der Waals surface area contributed by atoms with E-state index in [1.54, 1.807) is 6.54 Å². The van der Waals surface area contributed by atoms with Crippen molar-refractivity contribution in [2.45, 2.75) is 18.9 Å². The summed E-state index contributed by atoms with van der Waals surface area (Å²) in [5.74, 6) is 0. The van der Waals surface area contributed by atoms with Crippen molar-refractivity contribution in [2.75, 3.05) is 6.61 Å². The smallest absolute Gasteiger partial charge is 0.0742 e. The lowest BCUT2D eigenvalue weighted by atomic mass is 10.2. The van der Waals surface area contributed by atoms with Crippen LogP contribution in [0.4, 0.5) is 0 Å². The lowest BCUT2D eigenvalue weighted by Gasteiger charge is -2.00. The highest BCUT2D eigenvalue weighted by Crippen LogP contribution is 2.11. The van der Waals surface area contributed by atoms with E-state index in [1.165, 1.54) is 6.42 Å². The summed E-state index contributed by atoms with van der Waals surface area (Å²) in [5.41, 5.74) is 5.18. The first-order chi connectivity index (χ1) is 3.43. The van der Waals surface area contributed by atoms with E-state index in [2.05, 4.69) is 0 Å². The van der Waals surface area contributed by atoms with Crippen molar-refractivity contribution in [1.82, 2.24) is 0 Å². The molecule has 0 aromatic heterocycles. The largest absolute Gasteiger partial charge is 0.377 e.